The second kappa shape index (κ2) is 7.20. The highest BCUT2D eigenvalue weighted by atomic mass is 32.2. The van der Waals surface area contributed by atoms with Gasteiger partial charge in [0.1, 0.15) is 6.61 Å². The molecule has 0 aromatic heterocycles. The smallest absolute Gasteiger partial charge is 0.213 e. The van der Waals surface area contributed by atoms with Crippen molar-refractivity contribution in [2.45, 2.75) is 6.92 Å². The summed E-state index contributed by atoms with van der Waals surface area (Å²) in [5.74, 6) is 0.0321. The van der Waals surface area contributed by atoms with Crippen molar-refractivity contribution in [3.63, 3.8) is 0 Å². The van der Waals surface area contributed by atoms with Gasteiger partial charge in [-0.2, -0.15) is 4.31 Å². The summed E-state index contributed by atoms with van der Waals surface area (Å²) in [6.07, 6.45) is 0. The molecule has 0 N–H and O–H groups in total. The van der Waals surface area contributed by atoms with Crippen LogP contribution in [0.3, 0.4) is 0 Å². The molecule has 0 amide bonds. The predicted octanol–water partition coefficient (Wildman–Crippen LogP) is 1.17. The lowest BCUT2D eigenvalue weighted by atomic mass is 10.3. The summed E-state index contributed by atoms with van der Waals surface area (Å²) in [7, 11) is -3.09. The molecule has 1 aromatic carbocycles. The molecule has 1 heterocycles. The van der Waals surface area contributed by atoms with Gasteiger partial charge in [-0.1, -0.05) is 12.1 Å². The van der Waals surface area contributed by atoms with Crippen LogP contribution in [0.5, 0.6) is 5.75 Å². The Kier molecular flexibility index (Phi) is 5.55. The maximum absolute atomic E-state index is 13.4. The Hall–Kier alpha value is -1.18. The third kappa shape index (κ3) is 4.39. The molecule has 5 nitrogen and oxygen atoms in total. The fourth-order valence-electron chi connectivity index (χ4n) is 2.26. The molecule has 0 bridgehead atoms. The zero-order valence-electron chi connectivity index (χ0n) is 12.2. The Morgan fingerprint density at radius 2 is 1.86 bits per heavy atom. The van der Waals surface area contributed by atoms with Crippen molar-refractivity contribution in [3.05, 3.63) is 30.1 Å². The first-order chi connectivity index (χ1) is 10.0. The molecule has 1 fully saturated rings. The minimum absolute atomic E-state index is 0.142. The number of para-hydroxylation sites is 1. The number of hydrogen-bond donors (Lipinski definition) is 0. The summed E-state index contributed by atoms with van der Waals surface area (Å²) in [5.41, 5.74) is 0. The SMILES string of the molecule is CCS(=O)(=O)N1CCN(CCOc2ccccc2F)CC1. The normalized spacial score (nSPS) is 17.8. The Balaban J connectivity index is 1.74. The molecule has 21 heavy (non-hydrogen) atoms. The van der Waals surface area contributed by atoms with Gasteiger partial charge < -0.3 is 4.74 Å². The van der Waals surface area contributed by atoms with E-state index >= 15 is 0 Å². The van der Waals surface area contributed by atoms with Crippen molar-refractivity contribution in [3.8, 4) is 5.75 Å². The van der Waals surface area contributed by atoms with E-state index in [4.69, 9.17) is 4.74 Å². The van der Waals surface area contributed by atoms with Gasteiger partial charge in [0.15, 0.2) is 11.6 Å². The topological polar surface area (TPSA) is 49.9 Å². The number of nitrogens with zero attached hydrogens (tertiary/aromatic N) is 2. The van der Waals surface area contributed by atoms with Crippen LogP contribution in [-0.2, 0) is 10.0 Å². The lowest BCUT2D eigenvalue weighted by Crippen LogP contribution is -2.49. The summed E-state index contributed by atoms with van der Waals surface area (Å²) in [6, 6.07) is 6.31. The maximum Gasteiger partial charge on any atom is 0.213 e. The van der Waals surface area contributed by atoms with Gasteiger partial charge in [-0.25, -0.2) is 12.8 Å². The molecule has 0 spiro atoms. The molecule has 0 aliphatic carbocycles. The van der Waals surface area contributed by atoms with Gasteiger partial charge in [0, 0.05) is 32.7 Å². The zero-order valence-corrected chi connectivity index (χ0v) is 13.0. The predicted molar refractivity (Wildman–Crippen MR) is 79.4 cm³/mol. The van der Waals surface area contributed by atoms with Crippen LogP contribution in [-0.4, -0.2) is 62.7 Å². The molecular weight excluding hydrogens is 295 g/mol. The van der Waals surface area contributed by atoms with Gasteiger partial charge in [-0.3, -0.25) is 4.90 Å². The Bertz CT molecular complexity index is 557. The minimum Gasteiger partial charge on any atom is -0.489 e. The Morgan fingerprint density at radius 1 is 1.19 bits per heavy atom. The van der Waals surface area contributed by atoms with Gasteiger partial charge in [-0.15, -0.1) is 0 Å². The van der Waals surface area contributed by atoms with Crippen LogP contribution in [0, 0.1) is 5.82 Å². The van der Waals surface area contributed by atoms with Crippen LogP contribution in [0.4, 0.5) is 4.39 Å². The average molecular weight is 316 g/mol. The van der Waals surface area contributed by atoms with Gasteiger partial charge in [0.25, 0.3) is 0 Å². The second-order valence-corrected chi connectivity index (χ2v) is 7.18. The number of rotatable bonds is 6. The van der Waals surface area contributed by atoms with E-state index in [1.165, 1.54) is 10.4 Å². The highest BCUT2D eigenvalue weighted by Crippen LogP contribution is 2.15. The van der Waals surface area contributed by atoms with E-state index in [9.17, 15) is 12.8 Å². The highest BCUT2D eigenvalue weighted by molar-refractivity contribution is 7.89. The van der Waals surface area contributed by atoms with Crippen molar-refractivity contribution >= 4 is 10.0 Å². The number of sulfonamides is 1. The number of halogens is 1. The largest absolute Gasteiger partial charge is 0.489 e. The molecule has 7 heteroatoms. The summed E-state index contributed by atoms with van der Waals surface area (Å²) in [4.78, 5) is 2.13. The lowest BCUT2D eigenvalue weighted by molar-refractivity contribution is 0.157. The maximum atomic E-state index is 13.4. The van der Waals surface area contributed by atoms with Crippen LogP contribution >= 0.6 is 0 Å². The van der Waals surface area contributed by atoms with Crippen LogP contribution < -0.4 is 4.74 Å². The number of piperazine rings is 1. The van der Waals surface area contributed by atoms with E-state index in [0.717, 1.165) is 0 Å². The van der Waals surface area contributed by atoms with Crippen molar-refractivity contribution in [1.82, 2.24) is 9.21 Å². The second-order valence-electron chi connectivity index (χ2n) is 4.92. The third-order valence-electron chi connectivity index (χ3n) is 3.59. The van der Waals surface area contributed by atoms with Crippen molar-refractivity contribution < 1.29 is 17.5 Å². The Labute approximate surface area is 125 Å². The van der Waals surface area contributed by atoms with E-state index in [0.29, 0.717) is 39.3 Å². The van der Waals surface area contributed by atoms with Gasteiger partial charge in [0.2, 0.25) is 10.0 Å². The van der Waals surface area contributed by atoms with Crippen molar-refractivity contribution in [2.24, 2.45) is 0 Å². The lowest BCUT2D eigenvalue weighted by Gasteiger charge is -2.33. The molecule has 1 aliphatic rings. The fourth-order valence-corrected chi connectivity index (χ4v) is 3.35. The van der Waals surface area contributed by atoms with Crippen LogP contribution in [0.15, 0.2) is 24.3 Å². The van der Waals surface area contributed by atoms with Gasteiger partial charge in [-0.05, 0) is 19.1 Å². The number of ether oxygens (including phenoxy) is 1. The molecule has 0 unspecified atom stereocenters. The monoisotopic (exact) mass is 316 g/mol. The summed E-state index contributed by atoms with van der Waals surface area (Å²) >= 11 is 0. The molecule has 1 aromatic rings. The average Bonchev–Trinajstić information content (AvgIpc) is 2.50. The number of hydrogen-bond acceptors (Lipinski definition) is 4. The molecule has 118 valence electrons. The van der Waals surface area contributed by atoms with E-state index in [-0.39, 0.29) is 17.3 Å². The van der Waals surface area contributed by atoms with E-state index in [1.54, 1.807) is 25.1 Å². The van der Waals surface area contributed by atoms with Crippen LogP contribution in [0.1, 0.15) is 6.92 Å². The third-order valence-corrected chi connectivity index (χ3v) is 5.47. The first-order valence-electron chi connectivity index (χ1n) is 7.10. The van der Waals surface area contributed by atoms with E-state index < -0.39 is 10.0 Å². The first kappa shape index (κ1) is 16.2. The fraction of sp³-hybridized carbons (Fsp3) is 0.571. The molecule has 0 atom stereocenters. The molecule has 2 rings (SSSR count). The van der Waals surface area contributed by atoms with E-state index in [2.05, 4.69) is 4.90 Å². The first-order valence-corrected chi connectivity index (χ1v) is 8.71. The molecular formula is C14H21FN2O3S. The minimum atomic E-state index is -3.09. The summed E-state index contributed by atoms with van der Waals surface area (Å²) in [6.45, 7) is 5.09. The highest BCUT2D eigenvalue weighted by Gasteiger charge is 2.25. The van der Waals surface area contributed by atoms with Gasteiger partial charge in [0.05, 0.1) is 5.75 Å². The van der Waals surface area contributed by atoms with Crippen molar-refractivity contribution in [1.29, 1.82) is 0 Å². The van der Waals surface area contributed by atoms with Crippen LogP contribution in [0.2, 0.25) is 0 Å². The van der Waals surface area contributed by atoms with Gasteiger partial charge >= 0.3 is 0 Å². The zero-order chi connectivity index (χ0) is 15.3. The summed E-state index contributed by atoms with van der Waals surface area (Å²) in [5, 5.41) is 0. The molecule has 0 radical (unpaired) electrons. The Morgan fingerprint density at radius 3 is 2.48 bits per heavy atom. The van der Waals surface area contributed by atoms with Crippen LogP contribution in [0.25, 0.3) is 0 Å². The number of benzene rings is 1. The quantitative estimate of drug-likeness (QED) is 0.790. The standard InChI is InChI=1S/C14H21FN2O3S/c1-2-21(18,19)17-9-7-16(8-10-17)11-12-20-14-6-4-3-5-13(14)15/h3-6H,2,7-12H2,1H3. The molecule has 1 aliphatic heterocycles. The molecule has 1 saturated heterocycles. The van der Waals surface area contributed by atoms with E-state index in [1.807, 2.05) is 0 Å². The van der Waals surface area contributed by atoms with Crippen molar-refractivity contribution in [2.75, 3.05) is 45.1 Å². The summed E-state index contributed by atoms with van der Waals surface area (Å²) < 4.78 is 43.8. The molecule has 0 saturated carbocycles.